The lowest BCUT2D eigenvalue weighted by Gasteiger charge is -2.07. The zero-order valence-corrected chi connectivity index (χ0v) is 12.9. The molecule has 1 amide bonds. The van der Waals surface area contributed by atoms with Crippen LogP contribution < -0.4 is 11.1 Å². The molecule has 21 heavy (non-hydrogen) atoms. The number of nitrogens with two attached hydrogens (primary N) is 1. The highest BCUT2D eigenvalue weighted by atomic mass is 35.5. The van der Waals surface area contributed by atoms with Crippen LogP contribution in [0.25, 0.3) is 0 Å². The minimum Gasteiger partial charge on any atom is -0.366 e. The summed E-state index contributed by atoms with van der Waals surface area (Å²) in [6.07, 6.45) is 2.93. The van der Waals surface area contributed by atoms with E-state index in [1.807, 2.05) is 24.0 Å². The van der Waals surface area contributed by atoms with Crippen molar-refractivity contribution in [3.63, 3.8) is 0 Å². The SMILES string of the molecule is CCc1nn(C)cc1CNCc1ccc(C(N)=O)cc1Cl. The van der Waals surface area contributed by atoms with Gasteiger partial charge in [-0.05, 0) is 24.1 Å². The fraction of sp³-hybridized carbons (Fsp3) is 0.333. The van der Waals surface area contributed by atoms with Crippen molar-refractivity contribution in [2.45, 2.75) is 26.4 Å². The van der Waals surface area contributed by atoms with Gasteiger partial charge in [0.1, 0.15) is 0 Å². The van der Waals surface area contributed by atoms with E-state index >= 15 is 0 Å². The molecule has 6 heteroatoms. The lowest BCUT2D eigenvalue weighted by atomic mass is 10.1. The molecule has 1 heterocycles. The number of nitrogens with zero attached hydrogens (tertiary/aromatic N) is 2. The highest BCUT2D eigenvalue weighted by molar-refractivity contribution is 6.31. The number of halogens is 1. The van der Waals surface area contributed by atoms with Gasteiger partial charge < -0.3 is 11.1 Å². The van der Waals surface area contributed by atoms with Crippen LogP contribution >= 0.6 is 11.6 Å². The third kappa shape index (κ3) is 3.83. The van der Waals surface area contributed by atoms with Crippen LogP contribution in [0.15, 0.2) is 24.4 Å². The molecule has 5 nitrogen and oxygen atoms in total. The summed E-state index contributed by atoms with van der Waals surface area (Å²) in [5.74, 6) is -0.473. The van der Waals surface area contributed by atoms with Crippen molar-refractivity contribution in [1.29, 1.82) is 0 Å². The van der Waals surface area contributed by atoms with Gasteiger partial charge in [-0.15, -0.1) is 0 Å². The molecule has 3 N–H and O–H groups in total. The molecule has 1 aromatic carbocycles. The van der Waals surface area contributed by atoms with Crippen molar-refractivity contribution in [1.82, 2.24) is 15.1 Å². The van der Waals surface area contributed by atoms with Crippen molar-refractivity contribution in [3.8, 4) is 0 Å². The molecule has 1 aromatic heterocycles. The number of aryl methyl sites for hydroxylation is 2. The van der Waals surface area contributed by atoms with Crippen molar-refractivity contribution in [3.05, 3.63) is 51.8 Å². The molecule has 0 spiro atoms. The van der Waals surface area contributed by atoms with Crippen LogP contribution in [0.4, 0.5) is 0 Å². The number of benzene rings is 1. The molecule has 0 atom stereocenters. The predicted molar refractivity (Wildman–Crippen MR) is 83.1 cm³/mol. The summed E-state index contributed by atoms with van der Waals surface area (Å²) < 4.78 is 1.82. The van der Waals surface area contributed by atoms with Crippen molar-refractivity contribution < 1.29 is 4.79 Å². The Morgan fingerprint density at radius 3 is 2.71 bits per heavy atom. The fourth-order valence-corrected chi connectivity index (χ4v) is 2.45. The minimum atomic E-state index is -0.473. The molecule has 0 saturated carbocycles. The van der Waals surface area contributed by atoms with Crippen LogP contribution in [-0.2, 0) is 26.6 Å². The molecule has 112 valence electrons. The predicted octanol–water partition coefficient (Wildman–Crippen LogP) is 2.02. The third-order valence-corrected chi connectivity index (χ3v) is 3.65. The standard InChI is InChI=1S/C15H19ClN4O/c1-3-14-12(9-20(2)19-14)8-18-7-11-5-4-10(15(17)21)6-13(11)16/h4-6,9,18H,3,7-8H2,1-2H3,(H2,17,21). The van der Waals surface area contributed by atoms with Crippen LogP contribution in [0.1, 0.15) is 34.1 Å². The number of nitrogens with one attached hydrogen (secondary N) is 1. The lowest BCUT2D eigenvalue weighted by molar-refractivity contribution is 0.100. The molecule has 0 fully saturated rings. The molecule has 0 aliphatic carbocycles. The molecule has 0 aliphatic heterocycles. The largest absolute Gasteiger partial charge is 0.366 e. The minimum absolute atomic E-state index is 0.421. The first-order valence-electron chi connectivity index (χ1n) is 6.81. The number of hydrogen-bond donors (Lipinski definition) is 2. The summed E-state index contributed by atoms with van der Waals surface area (Å²) in [5.41, 5.74) is 8.86. The van der Waals surface area contributed by atoms with Gasteiger partial charge in [-0.2, -0.15) is 5.10 Å². The first-order valence-corrected chi connectivity index (χ1v) is 7.19. The van der Waals surface area contributed by atoms with Gasteiger partial charge in [0.05, 0.1) is 5.69 Å². The summed E-state index contributed by atoms with van der Waals surface area (Å²) in [6.45, 7) is 3.44. The average molecular weight is 307 g/mol. The molecule has 0 unspecified atom stereocenters. The Kier molecular flexibility index (Phi) is 4.98. The molecular weight excluding hydrogens is 288 g/mol. The van der Waals surface area contributed by atoms with Gasteiger partial charge >= 0.3 is 0 Å². The van der Waals surface area contributed by atoms with E-state index in [4.69, 9.17) is 17.3 Å². The summed E-state index contributed by atoms with van der Waals surface area (Å²) in [5, 5.41) is 8.29. The van der Waals surface area contributed by atoms with Crippen LogP contribution in [0, 0.1) is 0 Å². The first kappa shape index (κ1) is 15.5. The van der Waals surface area contributed by atoms with Crippen molar-refractivity contribution in [2.24, 2.45) is 12.8 Å². The lowest BCUT2D eigenvalue weighted by Crippen LogP contribution is -2.15. The van der Waals surface area contributed by atoms with Gasteiger partial charge in [-0.25, -0.2) is 0 Å². The van der Waals surface area contributed by atoms with E-state index < -0.39 is 5.91 Å². The Bertz CT molecular complexity index is 651. The molecular formula is C15H19ClN4O. The van der Waals surface area contributed by atoms with Crippen molar-refractivity contribution in [2.75, 3.05) is 0 Å². The third-order valence-electron chi connectivity index (χ3n) is 3.30. The second kappa shape index (κ2) is 6.74. The number of aromatic nitrogens is 2. The van der Waals surface area contributed by atoms with Gasteiger partial charge in [0.2, 0.25) is 5.91 Å². The topological polar surface area (TPSA) is 72.9 Å². The quantitative estimate of drug-likeness (QED) is 0.857. The zero-order chi connectivity index (χ0) is 15.4. The second-order valence-corrected chi connectivity index (χ2v) is 5.31. The molecule has 0 radical (unpaired) electrons. The van der Waals surface area contributed by atoms with Gasteiger partial charge in [0, 0.05) is 42.5 Å². The molecule has 0 saturated heterocycles. The maximum absolute atomic E-state index is 11.1. The van der Waals surface area contributed by atoms with Crippen LogP contribution in [0.3, 0.4) is 0 Å². The zero-order valence-electron chi connectivity index (χ0n) is 12.2. The smallest absolute Gasteiger partial charge is 0.248 e. The Balaban J connectivity index is 1.98. The summed E-state index contributed by atoms with van der Waals surface area (Å²) >= 11 is 6.15. The highest BCUT2D eigenvalue weighted by Crippen LogP contribution is 2.18. The Hall–Kier alpha value is -1.85. The van der Waals surface area contributed by atoms with Crippen LogP contribution in [0.2, 0.25) is 5.02 Å². The van der Waals surface area contributed by atoms with E-state index in [2.05, 4.69) is 17.3 Å². The first-order chi connectivity index (χ1) is 10.0. The number of carbonyl (C=O) groups excluding carboxylic acids is 1. The number of amides is 1. The Labute approximate surface area is 129 Å². The Morgan fingerprint density at radius 2 is 2.10 bits per heavy atom. The maximum atomic E-state index is 11.1. The van der Waals surface area contributed by atoms with Gasteiger partial charge in [-0.3, -0.25) is 9.48 Å². The van der Waals surface area contributed by atoms with E-state index in [-0.39, 0.29) is 0 Å². The van der Waals surface area contributed by atoms with E-state index in [0.29, 0.717) is 17.1 Å². The Morgan fingerprint density at radius 1 is 1.38 bits per heavy atom. The number of carbonyl (C=O) groups is 1. The van der Waals surface area contributed by atoms with E-state index in [1.54, 1.807) is 12.1 Å². The van der Waals surface area contributed by atoms with E-state index in [1.165, 1.54) is 5.56 Å². The van der Waals surface area contributed by atoms with Gasteiger partial charge in [0.25, 0.3) is 0 Å². The van der Waals surface area contributed by atoms with Crippen LogP contribution in [0.5, 0.6) is 0 Å². The molecule has 0 bridgehead atoms. The van der Waals surface area contributed by atoms with E-state index in [0.717, 1.165) is 24.2 Å². The van der Waals surface area contributed by atoms with E-state index in [9.17, 15) is 4.79 Å². The molecule has 0 aliphatic rings. The summed E-state index contributed by atoms with van der Waals surface area (Å²) in [4.78, 5) is 11.1. The number of primary amides is 1. The average Bonchev–Trinajstić information content (AvgIpc) is 2.80. The highest BCUT2D eigenvalue weighted by Gasteiger charge is 2.08. The number of rotatable bonds is 6. The monoisotopic (exact) mass is 306 g/mol. The molecule has 2 aromatic rings. The number of hydrogen-bond acceptors (Lipinski definition) is 3. The summed E-state index contributed by atoms with van der Waals surface area (Å²) in [6, 6.07) is 5.11. The van der Waals surface area contributed by atoms with Gasteiger partial charge in [0.15, 0.2) is 0 Å². The maximum Gasteiger partial charge on any atom is 0.248 e. The second-order valence-electron chi connectivity index (χ2n) is 4.90. The summed E-state index contributed by atoms with van der Waals surface area (Å²) in [7, 11) is 1.92. The fourth-order valence-electron chi connectivity index (χ4n) is 2.20. The molecule has 2 rings (SSSR count). The van der Waals surface area contributed by atoms with Crippen LogP contribution in [-0.4, -0.2) is 15.7 Å². The van der Waals surface area contributed by atoms with Crippen molar-refractivity contribution >= 4 is 17.5 Å². The van der Waals surface area contributed by atoms with Gasteiger partial charge in [-0.1, -0.05) is 24.6 Å². The normalized spacial score (nSPS) is 10.8.